The number of rotatable bonds is 1. The van der Waals surface area contributed by atoms with Crippen molar-refractivity contribution in [3.63, 3.8) is 0 Å². The Balaban J connectivity index is 2.04. The predicted molar refractivity (Wildman–Crippen MR) is 38.0 cm³/mol. The Morgan fingerprint density at radius 2 is 2.00 bits per heavy atom. The highest BCUT2D eigenvalue weighted by atomic mass is 14.9. The number of nitrogens with two attached hydrogens (primary N) is 1. The van der Waals surface area contributed by atoms with Crippen LogP contribution in [0.2, 0.25) is 0 Å². The van der Waals surface area contributed by atoms with E-state index >= 15 is 0 Å². The van der Waals surface area contributed by atoms with E-state index < -0.39 is 0 Å². The first-order valence-corrected chi connectivity index (χ1v) is 3.92. The SMILES string of the molecule is CC(C)C1C2CC1(N)C2. The van der Waals surface area contributed by atoms with Gasteiger partial charge in [0.25, 0.3) is 0 Å². The molecule has 0 heterocycles. The molecule has 2 N–H and O–H groups in total. The van der Waals surface area contributed by atoms with Crippen LogP contribution in [-0.2, 0) is 0 Å². The molecule has 0 aliphatic heterocycles. The lowest BCUT2D eigenvalue weighted by Gasteiger charge is -2.68. The van der Waals surface area contributed by atoms with Crippen molar-refractivity contribution >= 4 is 0 Å². The second-order valence-corrected chi connectivity index (χ2v) is 4.17. The van der Waals surface area contributed by atoms with Crippen molar-refractivity contribution in [2.24, 2.45) is 23.5 Å². The Labute approximate surface area is 56.6 Å². The maximum Gasteiger partial charge on any atom is 0.0193 e. The van der Waals surface area contributed by atoms with Crippen LogP contribution >= 0.6 is 0 Å². The third-order valence-electron chi connectivity index (χ3n) is 3.17. The number of hydrogen-bond acceptors (Lipinski definition) is 1. The molecular weight excluding hydrogens is 110 g/mol. The van der Waals surface area contributed by atoms with Crippen molar-refractivity contribution in [2.75, 3.05) is 0 Å². The summed E-state index contributed by atoms with van der Waals surface area (Å²) in [6.45, 7) is 4.58. The molecular formula is C8H15N. The van der Waals surface area contributed by atoms with Crippen LogP contribution < -0.4 is 5.73 Å². The molecule has 0 aromatic carbocycles. The van der Waals surface area contributed by atoms with Crippen molar-refractivity contribution in [3.05, 3.63) is 0 Å². The topological polar surface area (TPSA) is 26.0 Å². The Morgan fingerprint density at radius 1 is 1.44 bits per heavy atom. The second-order valence-electron chi connectivity index (χ2n) is 4.17. The molecule has 1 unspecified atom stereocenters. The average Bonchev–Trinajstić information content (AvgIpc) is 1.57. The smallest absolute Gasteiger partial charge is 0.0193 e. The molecule has 3 rings (SSSR count). The van der Waals surface area contributed by atoms with Crippen molar-refractivity contribution in [3.8, 4) is 0 Å². The second kappa shape index (κ2) is 1.34. The van der Waals surface area contributed by atoms with Gasteiger partial charge in [0, 0.05) is 5.54 Å². The van der Waals surface area contributed by atoms with E-state index in [2.05, 4.69) is 13.8 Å². The Kier molecular flexibility index (Phi) is 0.852. The van der Waals surface area contributed by atoms with E-state index in [-0.39, 0.29) is 0 Å². The summed E-state index contributed by atoms with van der Waals surface area (Å²) in [5.41, 5.74) is 6.34. The van der Waals surface area contributed by atoms with Crippen LogP contribution in [0.25, 0.3) is 0 Å². The van der Waals surface area contributed by atoms with E-state index in [9.17, 15) is 0 Å². The normalized spacial score (nSPS) is 54.7. The van der Waals surface area contributed by atoms with Gasteiger partial charge in [-0.1, -0.05) is 13.8 Å². The van der Waals surface area contributed by atoms with Gasteiger partial charge in [0.1, 0.15) is 0 Å². The minimum atomic E-state index is 0.304. The fraction of sp³-hybridized carbons (Fsp3) is 1.00. The summed E-state index contributed by atoms with van der Waals surface area (Å²) in [6, 6.07) is 0. The molecule has 0 spiro atoms. The zero-order valence-electron chi connectivity index (χ0n) is 6.22. The maximum absolute atomic E-state index is 6.03. The monoisotopic (exact) mass is 125 g/mol. The molecule has 3 aliphatic rings. The van der Waals surface area contributed by atoms with Gasteiger partial charge in [-0.25, -0.2) is 0 Å². The van der Waals surface area contributed by atoms with Crippen LogP contribution in [0, 0.1) is 17.8 Å². The highest BCUT2D eigenvalue weighted by Gasteiger charge is 2.63. The Hall–Kier alpha value is -0.0400. The minimum Gasteiger partial charge on any atom is -0.325 e. The molecule has 3 fully saturated rings. The predicted octanol–water partition coefficient (Wildman–Crippen LogP) is 1.38. The van der Waals surface area contributed by atoms with E-state index in [1.807, 2.05) is 0 Å². The van der Waals surface area contributed by atoms with Gasteiger partial charge in [0.05, 0.1) is 0 Å². The van der Waals surface area contributed by atoms with Crippen molar-refractivity contribution in [1.29, 1.82) is 0 Å². The highest BCUT2D eigenvalue weighted by molar-refractivity contribution is 5.18. The third kappa shape index (κ3) is 0.493. The molecule has 9 heavy (non-hydrogen) atoms. The quantitative estimate of drug-likeness (QED) is 0.563. The van der Waals surface area contributed by atoms with E-state index in [0.717, 1.165) is 17.8 Å². The standard InChI is InChI=1S/C8H15N/c1-5(2)7-6-3-8(7,9)4-6/h5-7H,3-4,9H2,1-2H3. The van der Waals surface area contributed by atoms with Gasteiger partial charge < -0.3 is 5.73 Å². The largest absolute Gasteiger partial charge is 0.325 e. The van der Waals surface area contributed by atoms with Crippen LogP contribution in [0.5, 0.6) is 0 Å². The summed E-state index contributed by atoms with van der Waals surface area (Å²) < 4.78 is 0. The molecule has 1 nitrogen and oxygen atoms in total. The van der Waals surface area contributed by atoms with Gasteiger partial charge in [-0.05, 0) is 30.6 Å². The van der Waals surface area contributed by atoms with Crippen LogP contribution in [0.4, 0.5) is 0 Å². The van der Waals surface area contributed by atoms with Gasteiger partial charge in [0.2, 0.25) is 0 Å². The molecule has 3 saturated carbocycles. The fourth-order valence-electron chi connectivity index (χ4n) is 2.80. The van der Waals surface area contributed by atoms with Gasteiger partial charge in [-0.3, -0.25) is 0 Å². The van der Waals surface area contributed by atoms with E-state index in [1.54, 1.807) is 0 Å². The molecule has 3 aliphatic carbocycles. The lowest BCUT2D eigenvalue weighted by Crippen LogP contribution is -2.74. The molecule has 1 heteroatoms. The van der Waals surface area contributed by atoms with Crippen molar-refractivity contribution < 1.29 is 0 Å². The average molecular weight is 125 g/mol. The third-order valence-corrected chi connectivity index (χ3v) is 3.17. The molecule has 0 amide bonds. The summed E-state index contributed by atoms with van der Waals surface area (Å²) in [4.78, 5) is 0. The van der Waals surface area contributed by atoms with E-state index in [0.29, 0.717) is 5.54 Å². The molecule has 0 radical (unpaired) electrons. The lowest BCUT2D eigenvalue weighted by molar-refractivity contribution is -0.134. The van der Waals surface area contributed by atoms with Gasteiger partial charge in [0.15, 0.2) is 0 Å². The van der Waals surface area contributed by atoms with Crippen molar-refractivity contribution in [1.82, 2.24) is 0 Å². The molecule has 0 aromatic heterocycles. The molecule has 1 atom stereocenters. The molecule has 0 saturated heterocycles. The molecule has 52 valence electrons. The van der Waals surface area contributed by atoms with Gasteiger partial charge >= 0.3 is 0 Å². The van der Waals surface area contributed by atoms with Crippen LogP contribution in [-0.4, -0.2) is 5.54 Å². The lowest BCUT2D eigenvalue weighted by atomic mass is 9.40. The summed E-state index contributed by atoms with van der Waals surface area (Å²) >= 11 is 0. The Morgan fingerprint density at radius 3 is 2.00 bits per heavy atom. The molecule has 0 aromatic rings. The van der Waals surface area contributed by atoms with Gasteiger partial charge in [-0.2, -0.15) is 0 Å². The first-order valence-electron chi connectivity index (χ1n) is 3.92. The van der Waals surface area contributed by atoms with Crippen LogP contribution in [0.15, 0.2) is 0 Å². The van der Waals surface area contributed by atoms with E-state index in [1.165, 1.54) is 12.8 Å². The zero-order chi connectivity index (χ0) is 6.65. The number of hydrogen-bond donors (Lipinski definition) is 1. The minimum absolute atomic E-state index is 0.304. The molecule has 2 bridgehead atoms. The summed E-state index contributed by atoms with van der Waals surface area (Å²) in [5, 5.41) is 0. The summed E-state index contributed by atoms with van der Waals surface area (Å²) in [5.74, 6) is 2.70. The van der Waals surface area contributed by atoms with Crippen LogP contribution in [0.1, 0.15) is 26.7 Å². The van der Waals surface area contributed by atoms with Gasteiger partial charge in [-0.15, -0.1) is 0 Å². The summed E-state index contributed by atoms with van der Waals surface area (Å²) in [7, 11) is 0. The van der Waals surface area contributed by atoms with Crippen molar-refractivity contribution in [2.45, 2.75) is 32.2 Å². The zero-order valence-corrected chi connectivity index (χ0v) is 6.22. The first kappa shape index (κ1) is 5.72. The first-order chi connectivity index (χ1) is 4.13. The fourth-order valence-corrected chi connectivity index (χ4v) is 2.80. The van der Waals surface area contributed by atoms with Crippen LogP contribution in [0.3, 0.4) is 0 Å². The Bertz CT molecular complexity index is 132. The van der Waals surface area contributed by atoms with E-state index in [4.69, 9.17) is 5.73 Å². The summed E-state index contributed by atoms with van der Waals surface area (Å²) in [6.07, 6.45) is 2.63. The maximum atomic E-state index is 6.03. The highest BCUT2D eigenvalue weighted by Crippen LogP contribution is 2.62.